The molecule has 2 rings (SSSR count). The van der Waals surface area contributed by atoms with Gasteiger partial charge < -0.3 is 4.90 Å². The van der Waals surface area contributed by atoms with Crippen LogP contribution in [0, 0.1) is 15.9 Å². The zero-order valence-electron chi connectivity index (χ0n) is 8.15. The lowest BCUT2D eigenvalue weighted by atomic mass is 10.2. The molecule has 0 amide bonds. The van der Waals surface area contributed by atoms with E-state index in [9.17, 15) is 14.5 Å². The summed E-state index contributed by atoms with van der Waals surface area (Å²) in [7, 11) is 0. The van der Waals surface area contributed by atoms with Gasteiger partial charge in [-0.1, -0.05) is 0 Å². The van der Waals surface area contributed by atoms with Crippen molar-refractivity contribution in [1.82, 2.24) is 0 Å². The third kappa shape index (κ3) is 1.91. The zero-order valence-corrected chi connectivity index (χ0v) is 8.15. The SMILES string of the molecule is O=[N+]([O-])c1ccc(N2CCCC2)cc1F. The van der Waals surface area contributed by atoms with Crippen molar-refractivity contribution in [3.05, 3.63) is 34.1 Å². The van der Waals surface area contributed by atoms with E-state index in [1.165, 1.54) is 12.1 Å². The number of benzene rings is 1. The molecule has 0 aromatic heterocycles. The number of halogens is 1. The highest BCUT2D eigenvalue weighted by molar-refractivity contribution is 5.52. The van der Waals surface area contributed by atoms with Gasteiger partial charge in [-0.25, -0.2) is 0 Å². The van der Waals surface area contributed by atoms with Gasteiger partial charge in [0.1, 0.15) is 0 Å². The van der Waals surface area contributed by atoms with Crippen molar-refractivity contribution in [2.45, 2.75) is 12.8 Å². The van der Waals surface area contributed by atoms with E-state index in [4.69, 9.17) is 0 Å². The molecular weight excluding hydrogens is 199 g/mol. The van der Waals surface area contributed by atoms with Crippen LogP contribution < -0.4 is 4.90 Å². The minimum absolute atomic E-state index is 0.460. The molecule has 1 heterocycles. The number of anilines is 1. The fourth-order valence-electron chi connectivity index (χ4n) is 1.82. The first-order valence-electron chi connectivity index (χ1n) is 4.87. The summed E-state index contributed by atoms with van der Waals surface area (Å²) in [6.07, 6.45) is 2.19. The van der Waals surface area contributed by atoms with E-state index >= 15 is 0 Å². The van der Waals surface area contributed by atoms with Gasteiger partial charge in [-0.3, -0.25) is 10.1 Å². The third-order valence-corrected chi connectivity index (χ3v) is 2.60. The molecule has 0 saturated carbocycles. The fraction of sp³-hybridized carbons (Fsp3) is 0.400. The van der Waals surface area contributed by atoms with Crippen LogP contribution in [-0.4, -0.2) is 18.0 Å². The van der Waals surface area contributed by atoms with Crippen LogP contribution >= 0.6 is 0 Å². The monoisotopic (exact) mass is 210 g/mol. The molecule has 0 aliphatic carbocycles. The van der Waals surface area contributed by atoms with Crippen LogP contribution in [0.1, 0.15) is 12.8 Å². The van der Waals surface area contributed by atoms with Crippen molar-refractivity contribution in [2.75, 3.05) is 18.0 Å². The van der Waals surface area contributed by atoms with Crippen molar-refractivity contribution in [1.29, 1.82) is 0 Å². The van der Waals surface area contributed by atoms with Gasteiger partial charge in [0.05, 0.1) is 4.92 Å². The topological polar surface area (TPSA) is 46.4 Å². The van der Waals surface area contributed by atoms with Gasteiger partial charge in [0.15, 0.2) is 0 Å². The number of nitro benzene ring substituents is 1. The number of nitro groups is 1. The fourth-order valence-corrected chi connectivity index (χ4v) is 1.82. The molecule has 1 aliphatic heterocycles. The summed E-state index contributed by atoms with van der Waals surface area (Å²) in [5.74, 6) is -0.760. The van der Waals surface area contributed by atoms with Crippen molar-refractivity contribution >= 4 is 11.4 Å². The first-order chi connectivity index (χ1) is 7.18. The molecule has 1 saturated heterocycles. The Hall–Kier alpha value is -1.65. The normalized spacial score (nSPS) is 15.7. The maximum atomic E-state index is 13.3. The Morgan fingerprint density at radius 1 is 1.33 bits per heavy atom. The first-order valence-corrected chi connectivity index (χ1v) is 4.87. The second-order valence-electron chi connectivity index (χ2n) is 3.59. The molecule has 0 bridgehead atoms. The van der Waals surface area contributed by atoms with Gasteiger partial charge in [-0.15, -0.1) is 0 Å². The minimum atomic E-state index is -0.760. The van der Waals surface area contributed by atoms with Crippen LogP contribution in [0.5, 0.6) is 0 Å². The summed E-state index contributed by atoms with van der Waals surface area (Å²) in [6.45, 7) is 1.80. The maximum absolute atomic E-state index is 13.3. The van der Waals surface area contributed by atoms with Crippen molar-refractivity contribution in [3.63, 3.8) is 0 Å². The van der Waals surface area contributed by atoms with Crippen LogP contribution in [0.15, 0.2) is 18.2 Å². The van der Waals surface area contributed by atoms with Crippen LogP contribution in [0.2, 0.25) is 0 Å². The van der Waals surface area contributed by atoms with Gasteiger partial charge >= 0.3 is 5.69 Å². The number of hydrogen-bond donors (Lipinski definition) is 0. The highest BCUT2D eigenvalue weighted by atomic mass is 19.1. The molecule has 15 heavy (non-hydrogen) atoms. The molecule has 80 valence electrons. The van der Waals surface area contributed by atoms with Gasteiger partial charge in [0, 0.05) is 30.9 Å². The molecule has 1 aromatic carbocycles. The van der Waals surface area contributed by atoms with Gasteiger partial charge in [-0.05, 0) is 18.9 Å². The predicted octanol–water partition coefficient (Wildman–Crippen LogP) is 2.33. The van der Waals surface area contributed by atoms with E-state index in [1.54, 1.807) is 6.07 Å². The molecule has 4 nitrogen and oxygen atoms in total. The van der Waals surface area contributed by atoms with Gasteiger partial charge in [-0.2, -0.15) is 4.39 Å². The average molecular weight is 210 g/mol. The number of rotatable bonds is 2. The minimum Gasteiger partial charge on any atom is -0.371 e. The average Bonchev–Trinajstić information content (AvgIpc) is 2.69. The van der Waals surface area contributed by atoms with E-state index in [0.29, 0.717) is 0 Å². The smallest absolute Gasteiger partial charge is 0.304 e. The zero-order chi connectivity index (χ0) is 10.8. The van der Waals surface area contributed by atoms with E-state index in [1.807, 2.05) is 4.90 Å². The molecule has 0 atom stereocenters. The molecule has 1 aliphatic rings. The summed E-state index contributed by atoms with van der Waals surface area (Å²) in [5, 5.41) is 10.4. The Kier molecular flexibility index (Phi) is 2.53. The molecule has 0 N–H and O–H groups in total. The standard InChI is InChI=1S/C10H11FN2O2/c11-9-7-8(12-5-1-2-6-12)3-4-10(9)13(14)15/h3-4,7H,1-2,5-6H2. The Balaban J connectivity index is 2.28. The molecule has 0 spiro atoms. The van der Waals surface area contributed by atoms with E-state index < -0.39 is 16.4 Å². The number of hydrogen-bond acceptors (Lipinski definition) is 3. The van der Waals surface area contributed by atoms with Crippen molar-refractivity contribution in [2.24, 2.45) is 0 Å². The molecule has 5 heteroatoms. The number of nitrogens with zero attached hydrogens (tertiary/aromatic N) is 2. The summed E-state index contributed by atoms with van der Waals surface area (Å²) in [4.78, 5) is 11.7. The Morgan fingerprint density at radius 3 is 2.53 bits per heavy atom. The summed E-state index contributed by atoms with van der Waals surface area (Å²) >= 11 is 0. The summed E-state index contributed by atoms with van der Waals surface area (Å²) in [5.41, 5.74) is 0.272. The Bertz CT molecular complexity index is 389. The lowest BCUT2D eigenvalue weighted by Gasteiger charge is -2.16. The van der Waals surface area contributed by atoms with E-state index in [2.05, 4.69) is 0 Å². The second kappa shape index (κ2) is 3.84. The van der Waals surface area contributed by atoms with Crippen LogP contribution in [0.25, 0.3) is 0 Å². The van der Waals surface area contributed by atoms with Crippen LogP contribution in [-0.2, 0) is 0 Å². The molecule has 1 fully saturated rings. The molecular formula is C10H11FN2O2. The van der Waals surface area contributed by atoms with Crippen LogP contribution in [0.3, 0.4) is 0 Å². The largest absolute Gasteiger partial charge is 0.371 e. The predicted molar refractivity (Wildman–Crippen MR) is 54.5 cm³/mol. The maximum Gasteiger partial charge on any atom is 0.304 e. The third-order valence-electron chi connectivity index (χ3n) is 2.60. The lowest BCUT2D eigenvalue weighted by molar-refractivity contribution is -0.387. The summed E-state index contributed by atoms with van der Waals surface area (Å²) < 4.78 is 13.3. The quantitative estimate of drug-likeness (QED) is 0.556. The summed E-state index contributed by atoms with van der Waals surface area (Å²) in [6, 6.07) is 4.07. The van der Waals surface area contributed by atoms with Crippen molar-refractivity contribution in [3.8, 4) is 0 Å². The van der Waals surface area contributed by atoms with Crippen LogP contribution in [0.4, 0.5) is 15.8 Å². The van der Waals surface area contributed by atoms with Gasteiger partial charge in [0.2, 0.25) is 5.82 Å². The molecule has 0 unspecified atom stereocenters. The Labute approximate surface area is 86.5 Å². The first kappa shape index (κ1) is 9.89. The second-order valence-corrected chi connectivity index (χ2v) is 3.59. The highest BCUT2D eigenvalue weighted by Crippen LogP contribution is 2.25. The lowest BCUT2D eigenvalue weighted by Crippen LogP contribution is -2.17. The van der Waals surface area contributed by atoms with Crippen molar-refractivity contribution < 1.29 is 9.31 Å². The molecule has 0 radical (unpaired) electrons. The van der Waals surface area contributed by atoms with Gasteiger partial charge in [0.25, 0.3) is 0 Å². The molecule has 1 aromatic rings. The Morgan fingerprint density at radius 2 is 2.00 bits per heavy atom. The highest BCUT2D eigenvalue weighted by Gasteiger charge is 2.18. The van der Waals surface area contributed by atoms with E-state index in [-0.39, 0.29) is 0 Å². The van der Waals surface area contributed by atoms with E-state index in [0.717, 1.165) is 31.6 Å².